The molecule has 1 heterocycles. The number of esters is 1. The number of benzene rings is 1. The highest BCUT2D eigenvalue weighted by Crippen LogP contribution is 2.39. The van der Waals surface area contributed by atoms with Crippen LogP contribution < -0.4 is 4.74 Å². The van der Waals surface area contributed by atoms with Crippen molar-refractivity contribution < 1.29 is 31.9 Å². The topological polar surface area (TPSA) is 61.6 Å². The molecule has 8 heteroatoms. The largest absolute Gasteiger partial charge is 0.490 e. The summed E-state index contributed by atoms with van der Waals surface area (Å²) in [5.74, 6) is -0.820. The van der Waals surface area contributed by atoms with Crippen LogP contribution in [0.2, 0.25) is 0 Å². The summed E-state index contributed by atoms with van der Waals surface area (Å²) in [5, 5.41) is 0. The molecule has 0 spiro atoms. The Balaban J connectivity index is 1.98. The molecule has 0 amide bonds. The molecule has 5 nitrogen and oxygen atoms in total. The number of carbonyl (C=O) groups excluding carboxylic acids is 1. The van der Waals surface area contributed by atoms with Crippen LogP contribution in [0.25, 0.3) is 11.3 Å². The summed E-state index contributed by atoms with van der Waals surface area (Å²) in [6.07, 6.45) is -1.62. The molecule has 1 aromatic heterocycles. The van der Waals surface area contributed by atoms with Gasteiger partial charge in [0.15, 0.2) is 5.76 Å². The number of nitrogens with zero attached hydrogens (tertiary/aromatic N) is 1. The summed E-state index contributed by atoms with van der Waals surface area (Å²) in [6, 6.07) is 3.13. The average molecular weight is 341 g/mol. The molecule has 0 bridgehead atoms. The first-order valence-electron chi connectivity index (χ1n) is 7.39. The first kappa shape index (κ1) is 16.4. The van der Waals surface area contributed by atoms with E-state index in [1.165, 1.54) is 12.3 Å². The van der Waals surface area contributed by atoms with E-state index in [1.807, 2.05) is 0 Å². The third-order valence-corrected chi connectivity index (χ3v) is 3.35. The molecule has 0 saturated heterocycles. The van der Waals surface area contributed by atoms with Gasteiger partial charge in [-0.05, 0) is 38.0 Å². The highest BCUT2D eigenvalue weighted by molar-refractivity contribution is 5.85. The van der Waals surface area contributed by atoms with Gasteiger partial charge in [-0.1, -0.05) is 0 Å². The average Bonchev–Trinajstić information content (AvgIpc) is 3.20. The van der Waals surface area contributed by atoms with Crippen molar-refractivity contribution in [3.63, 3.8) is 0 Å². The molecule has 0 aliphatic heterocycles. The highest BCUT2D eigenvalue weighted by atomic mass is 19.4. The zero-order valence-electron chi connectivity index (χ0n) is 12.7. The van der Waals surface area contributed by atoms with E-state index in [9.17, 15) is 18.0 Å². The fourth-order valence-electron chi connectivity index (χ4n) is 2.05. The van der Waals surface area contributed by atoms with Gasteiger partial charge in [-0.3, -0.25) is 0 Å². The number of ether oxygens (including phenoxy) is 2. The van der Waals surface area contributed by atoms with E-state index in [2.05, 4.69) is 4.98 Å². The zero-order valence-corrected chi connectivity index (χ0v) is 12.7. The highest BCUT2D eigenvalue weighted by Gasteiger charge is 2.33. The van der Waals surface area contributed by atoms with Gasteiger partial charge in [0.25, 0.3) is 0 Å². The number of hydrogen-bond acceptors (Lipinski definition) is 5. The van der Waals surface area contributed by atoms with E-state index in [0.29, 0.717) is 0 Å². The molecule has 1 aliphatic rings. The Hall–Kier alpha value is -2.51. The monoisotopic (exact) mass is 341 g/mol. The summed E-state index contributed by atoms with van der Waals surface area (Å²) < 4.78 is 54.5. The molecule has 0 unspecified atom stereocenters. The van der Waals surface area contributed by atoms with Crippen molar-refractivity contribution in [2.24, 2.45) is 0 Å². The Kier molecular flexibility index (Phi) is 4.21. The Labute approximate surface area is 135 Å². The summed E-state index contributed by atoms with van der Waals surface area (Å²) in [6.45, 7) is 1.76. The maximum absolute atomic E-state index is 13.0. The lowest BCUT2D eigenvalue weighted by molar-refractivity contribution is -0.137. The summed E-state index contributed by atoms with van der Waals surface area (Å²) in [7, 11) is 0. The van der Waals surface area contributed by atoms with Crippen LogP contribution in [0.1, 0.15) is 36.0 Å². The van der Waals surface area contributed by atoms with E-state index in [-0.39, 0.29) is 35.7 Å². The maximum Gasteiger partial charge on any atom is 0.416 e. The number of carbonyl (C=O) groups is 1. The standard InChI is InChI=1S/C16H14F3NO4/c1-2-22-15(21)14-20-8-13(24-14)11-7-9(16(17,18)19)3-6-12(11)23-10-4-5-10/h3,6-8,10H,2,4-5H2,1H3. The number of oxazole rings is 1. The molecule has 1 aliphatic carbocycles. The van der Waals surface area contributed by atoms with Gasteiger partial charge < -0.3 is 13.9 Å². The lowest BCUT2D eigenvalue weighted by Crippen LogP contribution is -2.06. The molecule has 1 fully saturated rings. The Bertz CT molecular complexity index is 750. The first-order chi connectivity index (χ1) is 11.4. The van der Waals surface area contributed by atoms with Gasteiger partial charge in [-0.15, -0.1) is 0 Å². The second-order valence-corrected chi connectivity index (χ2v) is 5.28. The number of hydrogen-bond donors (Lipinski definition) is 0. The number of aromatic nitrogens is 1. The molecule has 128 valence electrons. The van der Waals surface area contributed by atoms with Gasteiger partial charge in [0.2, 0.25) is 0 Å². The lowest BCUT2D eigenvalue weighted by Gasteiger charge is -2.12. The van der Waals surface area contributed by atoms with Gasteiger partial charge in [-0.2, -0.15) is 13.2 Å². The maximum atomic E-state index is 13.0. The SMILES string of the molecule is CCOC(=O)c1ncc(-c2cc(C(F)(F)F)ccc2OC2CC2)o1. The normalized spacial score (nSPS) is 14.5. The van der Waals surface area contributed by atoms with Crippen molar-refractivity contribution in [2.75, 3.05) is 6.61 Å². The fourth-order valence-corrected chi connectivity index (χ4v) is 2.05. The summed E-state index contributed by atoms with van der Waals surface area (Å²) in [5.41, 5.74) is -0.741. The van der Waals surface area contributed by atoms with E-state index < -0.39 is 17.7 Å². The number of alkyl halides is 3. The van der Waals surface area contributed by atoms with Gasteiger partial charge in [0.05, 0.1) is 30.0 Å². The molecule has 3 rings (SSSR count). The molecule has 2 aromatic rings. The molecule has 0 N–H and O–H groups in total. The number of rotatable bonds is 5. The van der Waals surface area contributed by atoms with Crippen LogP contribution in [0.5, 0.6) is 5.75 Å². The Morgan fingerprint density at radius 2 is 2.12 bits per heavy atom. The third-order valence-electron chi connectivity index (χ3n) is 3.35. The molecular formula is C16H14F3NO4. The van der Waals surface area contributed by atoms with Crippen LogP contribution in [0.4, 0.5) is 13.2 Å². The molecule has 0 radical (unpaired) electrons. The molecule has 0 atom stereocenters. The Morgan fingerprint density at radius 1 is 1.38 bits per heavy atom. The minimum Gasteiger partial charge on any atom is -0.490 e. The van der Waals surface area contributed by atoms with Crippen LogP contribution in [0.15, 0.2) is 28.8 Å². The minimum absolute atomic E-state index is 0.00654. The minimum atomic E-state index is -4.50. The fraction of sp³-hybridized carbons (Fsp3) is 0.375. The predicted molar refractivity (Wildman–Crippen MR) is 76.5 cm³/mol. The smallest absolute Gasteiger partial charge is 0.416 e. The van der Waals surface area contributed by atoms with Gasteiger partial charge in [0.1, 0.15) is 5.75 Å². The van der Waals surface area contributed by atoms with E-state index in [0.717, 1.165) is 25.0 Å². The molecule has 1 aromatic carbocycles. The lowest BCUT2D eigenvalue weighted by atomic mass is 10.1. The van der Waals surface area contributed by atoms with Crippen molar-refractivity contribution in [3.8, 4) is 17.1 Å². The van der Waals surface area contributed by atoms with E-state index in [4.69, 9.17) is 13.9 Å². The quantitative estimate of drug-likeness (QED) is 0.767. The van der Waals surface area contributed by atoms with Crippen LogP contribution in [0, 0.1) is 0 Å². The zero-order chi connectivity index (χ0) is 17.3. The molecule has 1 saturated carbocycles. The Morgan fingerprint density at radius 3 is 2.75 bits per heavy atom. The van der Waals surface area contributed by atoms with Crippen molar-refractivity contribution in [2.45, 2.75) is 32.0 Å². The first-order valence-corrected chi connectivity index (χ1v) is 7.39. The van der Waals surface area contributed by atoms with E-state index >= 15 is 0 Å². The van der Waals surface area contributed by atoms with Crippen LogP contribution in [-0.2, 0) is 10.9 Å². The van der Waals surface area contributed by atoms with Crippen molar-refractivity contribution in [3.05, 3.63) is 35.9 Å². The summed E-state index contributed by atoms with van der Waals surface area (Å²) in [4.78, 5) is 15.4. The van der Waals surface area contributed by atoms with Crippen LogP contribution in [0.3, 0.4) is 0 Å². The predicted octanol–water partition coefficient (Wildman–Crippen LogP) is 4.08. The van der Waals surface area contributed by atoms with E-state index in [1.54, 1.807) is 6.92 Å². The van der Waals surface area contributed by atoms with Gasteiger partial charge in [-0.25, -0.2) is 9.78 Å². The number of halogens is 3. The van der Waals surface area contributed by atoms with Gasteiger partial charge >= 0.3 is 18.0 Å². The van der Waals surface area contributed by atoms with Crippen LogP contribution in [-0.4, -0.2) is 23.7 Å². The van der Waals surface area contributed by atoms with Gasteiger partial charge in [0, 0.05) is 0 Å². The van der Waals surface area contributed by atoms with Crippen molar-refractivity contribution in [1.29, 1.82) is 0 Å². The van der Waals surface area contributed by atoms with Crippen molar-refractivity contribution in [1.82, 2.24) is 4.98 Å². The second-order valence-electron chi connectivity index (χ2n) is 5.28. The van der Waals surface area contributed by atoms with Crippen molar-refractivity contribution >= 4 is 5.97 Å². The van der Waals surface area contributed by atoms with Crippen LogP contribution >= 0.6 is 0 Å². The molecule has 24 heavy (non-hydrogen) atoms. The molecular weight excluding hydrogens is 327 g/mol. The third kappa shape index (κ3) is 3.52. The summed E-state index contributed by atoms with van der Waals surface area (Å²) >= 11 is 0. The second kappa shape index (κ2) is 6.18.